The molecule has 4 aliphatic carbocycles. The Kier molecular flexibility index (Phi) is 1.75. The van der Waals surface area contributed by atoms with Crippen LogP contribution in [0.2, 0.25) is 0 Å². The Balaban J connectivity index is 1.71. The number of nitrogen functional groups attached to an aromatic ring is 2. The maximum Gasteiger partial charge on any atom is 0.0456 e. The molecule has 112 valence electrons. The standard InChI is InChI=1S/C20H17N3/c21-9-1-3-11-13(7-9)19-17-14(5-6-16(17)23)20(19)15-8-10(22)2-4-12(15)18(11)20/h1-8,16,18-19H,21-23H2/t16?,18?,19?,20-/m0/s1. The van der Waals surface area contributed by atoms with Gasteiger partial charge in [0.25, 0.3) is 0 Å². The first kappa shape index (κ1) is 12.0. The number of hydrogen-bond donors (Lipinski definition) is 3. The monoisotopic (exact) mass is 299 g/mol. The number of hydrogen-bond acceptors (Lipinski definition) is 3. The first-order valence-electron chi connectivity index (χ1n) is 8.11. The van der Waals surface area contributed by atoms with Crippen LogP contribution < -0.4 is 17.2 Å². The van der Waals surface area contributed by atoms with Crippen LogP contribution >= 0.6 is 0 Å². The third-order valence-electron chi connectivity index (χ3n) is 6.37. The van der Waals surface area contributed by atoms with Crippen LogP contribution in [0.5, 0.6) is 0 Å². The van der Waals surface area contributed by atoms with Crippen molar-refractivity contribution in [3.05, 3.63) is 82.0 Å². The third-order valence-corrected chi connectivity index (χ3v) is 6.37. The molecule has 3 heteroatoms. The molecule has 3 unspecified atom stereocenters. The van der Waals surface area contributed by atoms with Gasteiger partial charge in [-0.3, -0.25) is 0 Å². The van der Waals surface area contributed by atoms with Gasteiger partial charge in [-0.15, -0.1) is 0 Å². The lowest BCUT2D eigenvalue weighted by atomic mass is 9.43. The number of allylic oxidation sites excluding steroid dienone is 2. The van der Waals surface area contributed by atoms with E-state index in [0.29, 0.717) is 11.8 Å². The molecule has 0 bridgehead atoms. The van der Waals surface area contributed by atoms with Crippen LogP contribution in [0.4, 0.5) is 11.4 Å². The van der Waals surface area contributed by atoms with Crippen LogP contribution in [-0.4, -0.2) is 6.04 Å². The van der Waals surface area contributed by atoms with Crippen LogP contribution in [0.3, 0.4) is 0 Å². The summed E-state index contributed by atoms with van der Waals surface area (Å²) in [5.41, 5.74) is 28.6. The van der Waals surface area contributed by atoms with Crippen molar-refractivity contribution in [3.63, 3.8) is 0 Å². The topological polar surface area (TPSA) is 78.1 Å². The molecule has 0 saturated heterocycles. The largest absolute Gasteiger partial charge is 0.399 e. The summed E-state index contributed by atoms with van der Waals surface area (Å²) in [6.45, 7) is 0. The Hall–Kier alpha value is -2.52. The fourth-order valence-electron chi connectivity index (χ4n) is 5.69. The van der Waals surface area contributed by atoms with Crippen LogP contribution in [0.25, 0.3) is 0 Å². The molecular weight excluding hydrogens is 282 g/mol. The third kappa shape index (κ3) is 1.02. The highest BCUT2D eigenvalue weighted by Gasteiger charge is 2.71. The Bertz CT molecular complexity index is 984. The second kappa shape index (κ2) is 3.36. The minimum absolute atomic E-state index is 0.0405. The van der Waals surface area contributed by atoms with E-state index in [1.54, 1.807) is 0 Å². The zero-order chi connectivity index (χ0) is 15.5. The number of nitrogens with two attached hydrogens (primary N) is 3. The maximum absolute atomic E-state index is 6.35. The molecule has 0 fully saturated rings. The number of benzene rings is 2. The van der Waals surface area contributed by atoms with E-state index in [4.69, 9.17) is 17.2 Å². The Morgan fingerprint density at radius 2 is 1.57 bits per heavy atom. The molecule has 4 atom stereocenters. The summed E-state index contributed by atoms with van der Waals surface area (Å²) in [5, 5.41) is 0. The summed E-state index contributed by atoms with van der Waals surface area (Å²) >= 11 is 0. The molecule has 0 aromatic heterocycles. The molecule has 3 nitrogen and oxygen atoms in total. The van der Waals surface area contributed by atoms with E-state index in [-0.39, 0.29) is 11.5 Å². The van der Waals surface area contributed by atoms with Crippen molar-refractivity contribution in [1.29, 1.82) is 0 Å². The number of rotatable bonds is 0. The highest BCUT2D eigenvalue weighted by molar-refractivity contribution is 5.82. The summed E-state index contributed by atoms with van der Waals surface area (Å²) < 4.78 is 0. The van der Waals surface area contributed by atoms with E-state index in [1.807, 2.05) is 12.1 Å². The molecule has 1 spiro atoms. The molecule has 4 aliphatic rings. The van der Waals surface area contributed by atoms with E-state index in [2.05, 4.69) is 36.4 Å². The Morgan fingerprint density at radius 3 is 2.39 bits per heavy atom. The van der Waals surface area contributed by atoms with Gasteiger partial charge in [-0.25, -0.2) is 0 Å². The van der Waals surface area contributed by atoms with Gasteiger partial charge in [0.05, 0.1) is 0 Å². The van der Waals surface area contributed by atoms with E-state index < -0.39 is 0 Å². The molecule has 0 amide bonds. The first-order valence-corrected chi connectivity index (χ1v) is 8.11. The molecule has 0 aliphatic heterocycles. The molecule has 2 aromatic rings. The predicted molar refractivity (Wildman–Crippen MR) is 92.1 cm³/mol. The van der Waals surface area contributed by atoms with Gasteiger partial charge < -0.3 is 17.2 Å². The van der Waals surface area contributed by atoms with Crippen molar-refractivity contribution >= 4 is 11.4 Å². The van der Waals surface area contributed by atoms with Gasteiger partial charge in [-0.1, -0.05) is 24.3 Å². The van der Waals surface area contributed by atoms with Gasteiger partial charge in [-0.05, 0) is 57.7 Å². The van der Waals surface area contributed by atoms with Crippen molar-refractivity contribution in [2.45, 2.75) is 23.3 Å². The first-order chi connectivity index (χ1) is 11.1. The molecule has 2 aromatic carbocycles. The van der Waals surface area contributed by atoms with Gasteiger partial charge in [0.2, 0.25) is 0 Å². The summed E-state index contributed by atoms with van der Waals surface area (Å²) in [6, 6.07) is 12.8. The molecule has 0 saturated carbocycles. The van der Waals surface area contributed by atoms with Crippen LogP contribution in [0.15, 0.2) is 59.7 Å². The summed E-state index contributed by atoms with van der Waals surface area (Å²) in [4.78, 5) is 0. The average molecular weight is 299 g/mol. The van der Waals surface area contributed by atoms with Crippen molar-refractivity contribution in [1.82, 2.24) is 0 Å². The normalized spacial score (nSPS) is 34.0. The fraction of sp³-hybridized carbons (Fsp3) is 0.200. The van der Waals surface area contributed by atoms with Gasteiger partial charge in [-0.2, -0.15) is 0 Å². The zero-order valence-electron chi connectivity index (χ0n) is 12.6. The Labute approximate surface area is 134 Å². The number of fused-ring (bicyclic) bond motifs is 6. The summed E-state index contributed by atoms with van der Waals surface area (Å²) in [5.74, 6) is 0.785. The molecule has 23 heavy (non-hydrogen) atoms. The maximum atomic E-state index is 6.35. The number of anilines is 2. The van der Waals surface area contributed by atoms with E-state index in [1.165, 1.54) is 33.4 Å². The van der Waals surface area contributed by atoms with Crippen molar-refractivity contribution < 1.29 is 0 Å². The lowest BCUT2D eigenvalue weighted by molar-refractivity contribution is 0.326. The van der Waals surface area contributed by atoms with Gasteiger partial charge in [0.15, 0.2) is 0 Å². The quantitative estimate of drug-likeness (QED) is 0.654. The van der Waals surface area contributed by atoms with Crippen LogP contribution in [0.1, 0.15) is 34.1 Å². The minimum atomic E-state index is 0.0405. The smallest absolute Gasteiger partial charge is 0.0456 e. The Morgan fingerprint density at radius 1 is 0.826 bits per heavy atom. The summed E-state index contributed by atoms with van der Waals surface area (Å²) in [7, 11) is 0. The molecular formula is C20H17N3. The van der Waals surface area contributed by atoms with Gasteiger partial charge in [0.1, 0.15) is 0 Å². The van der Waals surface area contributed by atoms with Gasteiger partial charge >= 0.3 is 0 Å². The minimum Gasteiger partial charge on any atom is -0.399 e. The molecule has 0 heterocycles. The second-order valence-corrected chi connectivity index (χ2v) is 7.22. The van der Waals surface area contributed by atoms with Crippen molar-refractivity contribution in [2.24, 2.45) is 5.73 Å². The van der Waals surface area contributed by atoms with E-state index in [9.17, 15) is 0 Å². The fourth-order valence-corrected chi connectivity index (χ4v) is 5.69. The lowest BCUT2D eigenvalue weighted by Crippen LogP contribution is -2.53. The SMILES string of the molecule is Nc1ccc2c(c1)C1C3=C(C=CC3N)[C@@]13c1cc(N)ccc1C23. The highest BCUT2D eigenvalue weighted by atomic mass is 14.8. The average Bonchev–Trinajstić information content (AvgIpc) is 2.90. The lowest BCUT2D eigenvalue weighted by Gasteiger charge is -2.58. The van der Waals surface area contributed by atoms with Crippen LogP contribution in [0, 0.1) is 0 Å². The molecule has 0 radical (unpaired) electrons. The highest BCUT2D eigenvalue weighted by Crippen LogP contribution is 2.78. The van der Waals surface area contributed by atoms with E-state index >= 15 is 0 Å². The van der Waals surface area contributed by atoms with Crippen molar-refractivity contribution in [2.75, 3.05) is 11.5 Å². The summed E-state index contributed by atoms with van der Waals surface area (Å²) in [6.07, 6.45) is 4.37. The predicted octanol–water partition coefficient (Wildman–Crippen LogP) is 2.54. The van der Waals surface area contributed by atoms with Gasteiger partial charge in [0, 0.05) is 34.7 Å². The van der Waals surface area contributed by atoms with E-state index in [0.717, 1.165) is 11.4 Å². The van der Waals surface area contributed by atoms with Crippen molar-refractivity contribution in [3.8, 4) is 0 Å². The molecule has 6 N–H and O–H groups in total. The second-order valence-electron chi connectivity index (χ2n) is 7.22. The molecule has 6 rings (SSSR count). The zero-order valence-corrected chi connectivity index (χ0v) is 12.6. The van der Waals surface area contributed by atoms with Crippen LogP contribution in [-0.2, 0) is 5.41 Å².